The molecule has 0 radical (unpaired) electrons. The molecule has 0 saturated heterocycles. The van der Waals surface area contributed by atoms with Crippen LogP contribution < -0.4 is 9.47 Å². The molecule has 27 heavy (non-hydrogen) atoms. The molecule has 1 aromatic carbocycles. The van der Waals surface area contributed by atoms with E-state index in [1.165, 1.54) is 12.8 Å². The number of aliphatic carboxylic acids is 1. The number of hydrogen-bond acceptors (Lipinski definition) is 6. The number of carboxylic acid groups (broad SMARTS) is 2. The zero-order chi connectivity index (χ0) is 20.0. The highest BCUT2D eigenvalue weighted by atomic mass is 19.4. The molecule has 0 unspecified atom stereocenters. The molecular formula is C15H14F3N3O6. The Morgan fingerprint density at radius 3 is 2.41 bits per heavy atom. The quantitative estimate of drug-likeness (QED) is 0.686. The minimum Gasteiger partial charge on any atom is -0.493 e. The second-order valence-corrected chi connectivity index (χ2v) is 5.43. The van der Waals surface area contributed by atoms with Crippen molar-refractivity contribution < 1.29 is 42.4 Å². The highest BCUT2D eigenvalue weighted by Crippen LogP contribution is 2.31. The molecule has 1 saturated carbocycles. The molecule has 0 amide bonds. The van der Waals surface area contributed by atoms with Gasteiger partial charge in [-0.2, -0.15) is 13.2 Å². The van der Waals surface area contributed by atoms with E-state index in [0.29, 0.717) is 24.0 Å². The number of benzene rings is 1. The third-order valence-corrected chi connectivity index (χ3v) is 3.18. The molecule has 1 aliphatic rings. The zero-order valence-corrected chi connectivity index (χ0v) is 13.6. The van der Waals surface area contributed by atoms with Gasteiger partial charge < -0.3 is 19.7 Å². The van der Waals surface area contributed by atoms with Gasteiger partial charge in [-0.15, -0.1) is 0 Å². The van der Waals surface area contributed by atoms with Crippen LogP contribution in [0.2, 0.25) is 0 Å². The summed E-state index contributed by atoms with van der Waals surface area (Å²) in [6.07, 6.45) is -2.64. The molecule has 146 valence electrons. The summed E-state index contributed by atoms with van der Waals surface area (Å²) in [6.45, 7) is 0.702. The van der Waals surface area contributed by atoms with Gasteiger partial charge in [0.15, 0.2) is 0 Å². The molecule has 0 spiro atoms. The maximum Gasteiger partial charge on any atom is 0.490 e. The lowest BCUT2D eigenvalue weighted by molar-refractivity contribution is -0.192. The predicted molar refractivity (Wildman–Crippen MR) is 81.8 cm³/mol. The Morgan fingerprint density at radius 2 is 1.85 bits per heavy atom. The molecule has 1 heterocycles. The standard InChI is InChI=1S/C13H13N3O4.C2HF3O2/c17-13(18)11-12(15-16-14-11)20-10-3-1-2-9(6-10)19-7-8-4-5-8;3-2(4,5)1(6)7/h1-3,6,8H,4-5,7H2,(H,17,18)(H,14,15,16);(H,6,7). The molecule has 12 heteroatoms. The average molecular weight is 389 g/mol. The Hall–Kier alpha value is -3.31. The van der Waals surface area contributed by atoms with Crippen molar-refractivity contribution in [1.29, 1.82) is 0 Å². The molecule has 3 N–H and O–H groups in total. The van der Waals surface area contributed by atoms with Gasteiger partial charge in [-0.05, 0) is 30.9 Å². The van der Waals surface area contributed by atoms with Crippen molar-refractivity contribution in [2.75, 3.05) is 6.61 Å². The Balaban J connectivity index is 0.000000321. The van der Waals surface area contributed by atoms with E-state index in [1.807, 2.05) is 6.07 Å². The van der Waals surface area contributed by atoms with Gasteiger partial charge in [0.05, 0.1) is 6.61 Å². The summed E-state index contributed by atoms with van der Waals surface area (Å²) in [5, 5.41) is 25.3. The lowest BCUT2D eigenvalue weighted by Crippen LogP contribution is -2.21. The molecule has 1 aromatic heterocycles. The Bertz CT molecular complexity index is 804. The summed E-state index contributed by atoms with van der Waals surface area (Å²) in [5.41, 5.74) is -0.186. The van der Waals surface area contributed by atoms with E-state index in [4.69, 9.17) is 24.5 Å². The second-order valence-electron chi connectivity index (χ2n) is 5.43. The fraction of sp³-hybridized carbons (Fsp3) is 0.333. The first kappa shape index (κ1) is 20.0. The van der Waals surface area contributed by atoms with E-state index in [2.05, 4.69) is 15.4 Å². The van der Waals surface area contributed by atoms with Crippen molar-refractivity contribution in [2.24, 2.45) is 5.92 Å². The topological polar surface area (TPSA) is 135 Å². The monoisotopic (exact) mass is 389 g/mol. The van der Waals surface area contributed by atoms with Crippen LogP contribution in [0.1, 0.15) is 23.3 Å². The number of aromatic carboxylic acids is 1. The van der Waals surface area contributed by atoms with Gasteiger partial charge >= 0.3 is 18.1 Å². The first-order valence-electron chi connectivity index (χ1n) is 7.52. The minimum atomic E-state index is -5.08. The number of nitrogens with one attached hydrogen (secondary N) is 1. The van der Waals surface area contributed by atoms with E-state index >= 15 is 0 Å². The van der Waals surface area contributed by atoms with Gasteiger partial charge in [0.1, 0.15) is 11.5 Å². The highest BCUT2D eigenvalue weighted by molar-refractivity contribution is 5.87. The highest BCUT2D eigenvalue weighted by Gasteiger charge is 2.38. The van der Waals surface area contributed by atoms with Gasteiger partial charge in [-0.1, -0.05) is 16.4 Å². The van der Waals surface area contributed by atoms with Crippen LogP contribution in [0.15, 0.2) is 24.3 Å². The normalized spacial score (nSPS) is 13.3. The maximum absolute atomic E-state index is 10.9. The number of alkyl halides is 3. The Labute approximate surface area is 149 Å². The number of H-pyrrole nitrogens is 1. The minimum absolute atomic E-state index is 0.0724. The molecule has 3 rings (SSSR count). The van der Waals surface area contributed by atoms with Crippen LogP contribution >= 0.6 is 0 Å². The number of carbonyl (C=O) groups is 2. The van der Waals surface area contributed by atoms with Gasteiger partial charge in [0.2, 0.25) is 5.69 Å². The fourth-order valence-electron chi connectivity index (χ4n) is 1.67. The van der Waals surface area contributed by atoms with Crippen LogP contribution in [-0.2, 0) is 4.79 Å². The van der Waals surface area contributed by atoms with Gasteiger partial charge in [-0.25, -0.2) is 14.7 Å². The zero-order valence-electron chi connectivity index (χ0n) is 13.6. The lowest BCUT2D eigenvalue weighted by Gasteiger charge is -2.07. The van der Waals surface area contributed by atoms with Crippen LogP contribution in [-0.4, -0.2) is 50.3 Å². The van der Waals surface area contributed by atoms with Crippen LogP contribution in [0, 0.1) is 5.92 Å². The van der Waals surface area contributed by atoms with E-state index in [0.717, 1.165) is 0 Å². The van der Waals surface area contributed by atoms with Crippen molar-refractivity contribution in [3.8, 4) is 17.4 Å². The number of aromatic amines is 1. The van der Waals surface area contributed by atoms with Crippen LogP contribution in [0.5, 0.6) is 17.4 Å². The van der Waals surface area contributed by atoms with E-state index < -0.39 is 18.1 Å². The number of halogens is 3. The Kier molecular flexibility index (Phi) is 6.21. The SMILES string of the molecule is O=C(O)C(F)(F)F.O=C(O)c1[nH]nnc1Oc1cccc(OCC2CC2)c1. The van der Waals surface area contributed by atoms with Crippen molar-refractivity contribution in [3.05, 3.63) is 30.0 Å². The summed E-state index contributed by atoms with van der Waals surface area (Å²) >= 11 is 0. The van der Waals surface area contributed by atoms with E-state index in [-0.39, 0.29) is 11.6 Å². The molecule has 1 aliphatic carbocycles. The molecule has 0 aliphatic heterocycles. The summed E-state index contributed by atoms with van der Waals surface area (Å²) in [7, 11) is 0. The summed E-state index contributed by atoms with van der Waals surface area (Å²) in [6, 6.07) is 7.00. The van der Waals surface area contributed by atoms with Crippen molar-refractivity contribution in [1.82, 2.24) is 15.4 Å². The molecular weight excluding hydrogens is 375 g/mol. The summed E-state index contributed by atoms with van der Waals surface area (Å²) < 4.78 is 42.8. The van der Waals surface area contributed by atoms with Gasteiger partial charge in [0, 0.05) is 6.07 Å². The van der Waals surface area contributed by atoms with Crippen molar-refractivity contribution >= 4 is 11.9 Å². The van der Waals surface area contributed by atoms with E-state index in [1.54, 1.807) is 18.2 Å². The summed E-state index contributed by atoms with van der Waals surface area (Å²) in [5.74, 6) is -2.20. The third-order valence-electron chi connectivity index (χ3n) is 3.18. The number of ether oxygens (including phenoxy) is 2. The number of aromatic nitrogens is 3. The number of nitrogens with zero attached hydrogens (tertiary/aromatic N) is 2. The number of hydrogen-bond donors (Lipinski definition) is 3. The van der Waals surface area contributed by atoms with Crippen LogP contribution in [0.3, 0.4) is 0 Å². The van der Waals surface area contributed by atoms with Crippen LogP contribution in [0.25, 0.3) is 0 Å². The maximum atomic E-state index is 10.9. The van der Waals surface area contributed by atoms with E-state index in [9.17, 15) is 18.0 Å². The Morgan fingerprint density at radius 1 is 1.22 bits per heavy atom. The number of rotatable bonds is 6. The average Bonchev–Trinajstić information content (AvgIpc) is 3.30. The van der Waals surface area contributed by atoms with Crippen molar-refractivity contribution in [3.63, 3.8) is 0 Å². The largest absolute Gasteiger partial charge is 0.493 e. The first-order chi connectivity index (χ1) is 12.7. The van der Waals surface area contributed by atoms with Crippen molar-refractivity contribution in [2.45, 2.75) is 19.0 Å². The fourth-order valence-corrected chi connectivity index (χ4v) is 1.67. The molecule has 1 fully saturated rings. The second kappa shape index (κ2) is 8.38. The predicted octanol–water partition coefficient (Wildman–Crippen LogP) is 2.72. The van der Waals surface area contributed by atoms with Crippen LogP contribution in [0.4, 0.5) is 13.2 Å². The third kappa shape index (κ3) is 6.49. The summed E-state index contributed by atoms with van der Waals surface area (Å²) in [4.78, 5) is 19.8. The van der Waals surface area contributed by atoms with Gasteiger partial charge in [-0.3, -0.25) is 0 Å². The van der Waals surface area contributed by atoms with Gasteiger partial charge in [0.25, 0.3) is 5.88 Å². The molecule has 0 atom stereocenters. The lowest BCUT2D eigenvalue weighted by atomic mass is 10.3. The molecule has 9 nitrogen and oxygen atoms in total. The molecule has 2 aromatic rings. The smallest absolute Gasteiger partial charge is 0.490 e. The molecule has 0 bridgehead atoms. The first-order valence-corrected chi connectivity index (χ1v) is 7.52. The number of carboxylic acids is 2.